The van der Waals surface area contributed by atoms with Crippen molar-refractivity contribution in [1.29, 1.82) is 0 Å². The predicted molar refractivity (Wildman–Crippen MR) is 121 cm³/mol. The van der Waals surface area contributed by atoms with Crippen molar-refractivity contribution in [2.45, 2.75) is 39.5 Å². The van der Waals surface area contributed by atoms with Gasteiger partial charge < -0.3 is 15.1 Å². The molecule has 0 unspecified atom stereocenters. The number of benzene rings is 1. The van der Waals surface area contributed by atoms with E-state index in [2.05, 4.69) is 29.0 Å². The molecule has 0 aliphatic carbocycles. The third-order valence-corrected chi connectivity index (χ3v) is 5.52. The molecule has 6 heteroatoms. The maximum absolute atomic E-state index is 12.7. The molecule has 2 heterocycles. The summed E-state index contributed by atoms with van der Waals surface area (Å²) in [4.78, 5) is 33.5. The fourth-order valence-corrected chi connectivity index (χ4v) is 3.70. The van der Waals surface area contributed by atoms with Crippen LogP contribution < -0.4 is 10.2 Å². The Kier molecular flexibility index (Phi) is 7.44. The quantitative estimate of drug-likeness (QED) is 0.754. The molecule has 1 saturated heterocycles. The van der Waals surface area contributed by atoms with E-state index in [4.69, 9.17) is 0 Å². The second-order valence-electron chi connectivity index (χ2n) is 8.39. The van der Waals surface area contributed by atoms with E-state index in [9.17, 15) is 9.59 Å². The highest BCUT2D eigenvalue weighted by molar-refractivity contribution is 5.91. The smallest absolute Gasteiger partial charge is 0.224 e. The minimum atomic E-state index is -0.0485. The van der Waals surface area contributed by atoms with Crippen LogP contribution in [0.3, 0.4) is 0 Å². The second kappa shape index (κ2) is 10.2. The van der Waals surface area contributed by atoms with E-state index in [1.165, 1.54) is 5.56 Å². The number of nitrogens with zero attached hydrogens (tertiary/aromatic N) is 3. The van der Waals surface area contributed by atoms with Crippen molar-refractivity contribution in [1.82, 2.24) is 9.88 Å². The van der Waals surface area contributed by atoms with E-state index in [1.54, 1.807) is 6.20 Å². The lowest BCUT2D eigenvalue weighted by Crippen LogP contribution is -2.49. The minimum Gasteiger partial charge on any atom is -0.353 e. The molecule has 1 aliphatic heterocycles. The number of hydrogen-bond donors (Lipinski definition) is 1. The van der Waals surface area contributed by atoms with Crippen LogP contribution in [0.4, 0.5) is 11.5 Å². The number of nitrogens with one attached hydrogen (secondary N) is 1. The number of hydrogen-bond acceptors (Lipinski definition) is 4. The molecule has 0 radical (unpaired) electrons. The van der Waals surface area contributed by atoms with E-state index < -0.39 is 0 Å². The SMILES string of the molecule is CC(C)c1ccc(NC(=O)C[C@@H](C)CC(=O)N2CCN(c3ccccn3)CC2)cc1. The molecular formula is C24H32N4O2. The molecule has 160 valence electrons. The number of carbonyl (C=O) groups excluding carboxylic acids is 2. The molecule has 1 aromatic heterocycles. The topological polar surface area (TPSA) is 65.5 Å². The van der Waals surface area contributed by atoms with Crippen molar-refractivity contribution in [3.63, 3.8) is 0 Å². The standard InChI is InChI=1S/C24H32N4O2/c1-18(2)20-7-9-21(10-8-20)26-23(29)16-19(3)17-24(30)28-14-12-27(13-15-28)22-6-4-5-11-25-22/h4-11,18-19H,12-17H2,1-3H3,(H,26,29)/t19-/m1/s1. The van der Waals surface area contributed by atoms with Gasteiger partial charge in [0.15, 0.2) is 0 Å². The Morgan fingerprint density at radius 2 is 1.67 bits per heavy atom. The molecule has 30 heavy (non-hydrogen) atoms. The van der Waals surface area contributed by atoms with Gasteiger partial charge in [0.1, 0.15) is 5.82 Å². The Bertz CT molecular complexity index is 828. The molecule has 0 saturated carbocycles. The second-order valence-corrected chi connectivity index (χ2v) is 8.39. The lowest BCUT2D eigenvalue weighted by atomic mass is 10.0. The maximum atomic E-state index is 12.7. The van der Waals surface area contributed by atoms with Crippen LogP contribution in [0.5, 0.6) is 0 Å². The maximum Gasteiger partial charge on any atom is 0.224 e. The third kappa shape index (κ3) is 6.05. The Hall–Kier alpha value is -2.89. The van der Waals surface area contributed by atoms with Crippen LogP contribution in [-0.4, -0.2) is 47.9 Å². The monoisotopic (exact) mass is 408 g/mol. The van der Waals surface area contributed by atoms with Gasteiger partial charge in [0, 0.05) is 50.9 Å². The fraction of sp³-hybridized carbons (Fsp3) is 0.458. The van der Waals surface area contributed by atoms with Crippen LogP contribution >= 0.6 is 0 Å². The number of carbonyl (C=O) groups is 2. The number of anilines is 2. The molecule has 0 spiro atoms. The molecule has 2 amide bonds. The molecule has 1 fully saturated rings. The summed E-state index contributed by atoms with van der Waals surface area (Å²) >= 11 is 0. The highest BCUT2D eigenvalue weighted by atomic mass is 16.2. The molecule has 6 nitrogen and oxygen atoms in total. The first-order chi connectivity index (χ1) is 14.4. The summed E-state index contributed by atoms with van der Waals surface area (Å²) in [5.41, 5.74) is 2.05. The number of piperazine rings is 1. The van der Waals surface area contributed by atoms with Gasteiger partial charge >= 0.3 is 0 Å². The van der Waals surface area contributed by atoms with Crippen LogP contribution in [0, 0.1) is 5.92 Å². The largest absolute Gasteiger partial charge is 0.353 e. The number of aromatic nitrogens is 1. The van der Waals surface area contributed by atoms with Gasteiger partial charge in [-0.05, 0) is 41.7 Å². The summed E-state index contributed by atoms with van der Waals surface area (Å²) in [5, 5.41) is 2.94. The average molecular weight is 409 g/mol. The summed E-state index contributed by atoms with van der Waals surface area (Å²) in [7, 11) is 0. The third-order valence-electron chi connectivity index (χ3n) is 5.52. The normalized spacial score (nSPS) is 15.2. The van der Waals surface area contributed by atoms with E-state index >= 15 is 0 Å². The van der Waals surface area contributed by atoms with Crippen LogP contribution in [0.25, 0.3) is 0 Å². The summed E-state index contributed by atoms with van der Waals surface area (Å²) < 4.78 is 0. The van der Waals surface area contributed by atoms with Crippen molar-refractivity contribution in [3.8, 4) is 0 Å². The molecular weight excluding hydrogens is 376 g/mol. The predicted octanol–water partition coefficient (Wildman–Crippen LogP) is 3.91. The Balaban J connectivity index is 1.41. The number of rotatable bonds is 7. The summed E-state index contributed by atoms with van der Waals surface area (Å²) in [6.45, 7) is 9.19. The van der Waals surface area contributed by atoms with Gasteiger partial charge in [0.05, 0.1) is 0 Å². The molecule has 0 bridgehead atoms. The van der Waals surface area contributed by atoms with Gasteiger partial charge in [-0.25, -0.2) is 4.98 Å². The van der Waals surface area contributed by atoms with Crippen LogP contribution in [0.1, 0.15) is 45.1 Å². The molecule has 1 aliphatic rings. The van der Waals surface area contributed by atoms with Gasteiger partial charge in [-0.3, -0.25) is 9.59 Å². The first-order valence-corrected chi connectivity index (χ1v) is 10.8. The van der Waals surface area contributed by atoms with Crippen LogP contribution in [-0.2, 0) is 9.59 Å². The lowest BCUT2D eigenvalue weighted by molar-refractivity contribution is -0.132. The molecule has 3 rings (SSSR count). The Morgan fingerprint density at radius 1 is 0.967 bits per heavy atom. The Labute approximate surface area is 179 Å². The van der Waals surface area contributed by atoms with Crippen molar-refractivity contribution >= 4 is 23.3 Å². The van der Waals surface area contributed by atoms with E-state index in [1.807, 2.05) is 54.3 Å². The van der Waals surface area contributed by atoms with Gasteiger partial charge in [-0.15, -0.1) is 0 Å². The summed E-state index contributed by atoms with van der Waals surface area (Å²) in [6.07, 6.45) is 2.52. The highest BCUT2D eigenvalue weighted by Gasteiger charge is 2.23. The van der Waals surface area contributed by atoms with Crippen LogP contribution in [0.15, 0.2) is 48.7 Å². The minimum absolute atomic E-state index is 0.00116. The van der Waals surface area contributed by atoms with E-state index in [0.717, 1.165) is 24.6 Å². The number of pyridine rings is 1. The van der Waals surface area contributed by atoms with Gasteiger partial charge in [0.2, 0.25) is 11.8 Å². The fourth-order valence-electron chi connectivity index (χ4n) is 3.70. The van der Waals surface area contributed by atoms with Gasteiger partial charge in [-0.1, -0.05) is 39.0 Å². The Morgan fingerprint density at radius 3 is 2.27 bits per heavy atom. The molecule has 1 N–H and O–H groups in total. The van der Waals surface area contributed by atoms with Gasteiger partial charge in [-0.2, -0.15) is 0 Å². The summed E-state index contributed by atoms with van der Waals surface area (Å²) in [6, 6.07) is 13.8. The average Bonchev–Trinajstić information content (AvgIpc) is 2.74. The van der Waals surface area contributed by atoms with Crippen molar-refractivity contribution in [2.75, 3.05) is 36.4 Å². The highest BCUT2D eigenvalue weighted by Crippen LogP contribution is 2.19. The zero-order chi connectivity index (χ0) is 21.5. The zero-order valence-corrected chi connectivity index (χ0v) is 18.2. The van der Waals surface area contributed by atoms with Crippen molar-refractivity contribution in [2.24, 2.45) is 5.92 Å². The lowest BCUT2D eigenvalue weighted by Gasteiger charge is -2.35. The van der Waals surface area contributed by atoms with Gasteiger partial charge in [0.25, 0.3) is 0 Å². The zero-order valence-electron chi connectivity index (χ0n) is 18.2. The van der Waals surface area contributed by atoms with Crippen LogP contribution in [0.2, 0.25) is 0 Å². The summed E-state index contributed by atoms with van der Waals surface area (Å²) in [5.74, 6) is 1.49. The first-order valence-electron chi connectivity index (χ1n) is 10.8. The molecule has 1 atom stereocenters. The van der Waals surface area contributed by atoms with Crippen molar-refractivity contribution < 1.29 is 9.59 Å². The van der Waals surface area contributed by atoms with Crippen molar-refractivity contribution in [3.05, 3.63) is 54.2 Å². The molecule has 2 aromatic rings. The molecule has 1 aromatic carbocycles. The van der Waals surface area contributed by atoms with E-state index in [0.29, 0.717) is 31.8 Å². The van der Waals surface area contributed by atoms with E-state index in [-0.39, 0.29) is 17.7 Å². The first kappa shape index (κ1) is 21.8. The number of amides is 2.